The molecular weight excluding hydrogens is 284 g/mol. The molecule has 0 aromatic rings. The Hall–Kier alpha value is -0.670. The Labute approximate surface area is 144 Å². The lowest BCUT2D eigenvalue weighted by molar-refractivity contribution is -0.976. The maximum atomic E-state index is 10.1. The van der Waals surface area contributed by atoms with Gasteiger partial charge in [0, 0.05) is 13.3 Å². The normalized spacial score (nSPS) is 25.5. The topological polar surface area (TPSA) is 32.6 Å². The highest BCUT2D eigenvalue weighted by Gasteiger charge is 2.41. The lowest BCUT2D eigenvalue weighted by atomic mass is 10.1. The van der Waals surface area contributed by atoms with Gasteiger partial charge in [-0.1, -0.05) is 44.8 Å². The molecule has 0 aromatic carbocycles. The van der Waals surface area contributed by atoms with Crippen molar-refractivity contribution in [3.05, 3.63) is 12.2 Å². The molecule has 0 spiro atoms. The number of aliphatic imine (C=N–C) groups is 1. The van der Waals surface area contributed by atoms with Crippen LogP contribution in [-0.2, 0) is 0 Å². The second-order valence-electron chi connectivity index (χ2n) is 7.00. The van der Waals surface area contributed by atoms with Crippen LogP contribution >= 0.6 is 0 Å². The highest BCUT2D eigenvalue weighted by Crippen LogP contribution is 2.26. The predicted molar refractivity (Wildman–Crippen MR) is 101 cm³/mol. The van der Waals surface area contributed by atoms with Crippen molar-refractivity contribution in [2.75, 3.05) is 13.1 Å². The van der Waals surface area contributed by atoms with E-state index in [-0.39, 0.29) is 12.4 Å². The van der Waals surface area contributed by atoms with Crippen molar-refractivity contribution in [3.63, 3.8) is 0 Å². The number of hydrogen-bond donors (Lipinski definition) is 1. The quantitative estimate of drug-likeness (QED) is 0.287. The summed E-state index contributed by atoms with van der Waals surface area (Å²) in [5, 5.41) is 10.1. The Kier molecular flexibility index (Phi) is 10.5. The SMILES string of the molecule is CCCCC/C=C/CCCCCCC1N=CC[N+]1(CC)C(C)O. The number of hydrogen-bond acceptors (Lipinski definition) is 2. The zero-order valence-corrected chi connectivity index (χ0v) is 15.7. The van der Waals surface area contributed by atoms with Crippen molar-refractivity contribution in [2.45, 2.75) is 97.4 Å². The first kappa shape index (κ1) is 20.4. The fourth-order valence-electron chi connectivity index (χ4n) is 3.60. The molecule has 0 aliphatic carbocycles. The van der Waals surface area contributed by atoms with Crippen LogP contribution in [0.1, 0.15) is 85.0 Å². The van der Waals surface area contributed by atoms with Crippen molar-refractivity contribution >= 4 is 6.21 Å². The van der Waals surface area contributed by atoms with Gasteiger partial charge in [-0.3, -0.25) is 4.48 Å². The van der Waals surface area contributed by atoms with Crippen LogP contribution < -0.4 is 0 Å². The Bertz CT molecular complexity index is 352. The van der Waals surface area contributed by atoms with Gasteiger partial charge in [-0.05, 0) is 39.0 Å². The standard InChI is InChI=1S/C20H39N2O/c1-4-6-7-8-9-10-11-12-13-14-15-16-20-21-17-18-22(20,5-2)19(3)23/h9-10,17,19-20,23H,4-8,11-16,18H2,1-3H3/q+1/b10-9+. The predicted octanol–water partition coefficient (Wildman–Crippen LogP) is 5.05. The molecule has 0 radical (unpaired) electrons. The first-order valence-corrected chi connectivity index (χ1v) is 9.88. The molecule has 1 N–H and O–H groups in total. The van der Waals surface area contributed by atoms with Gasteiger partial charge < -0.3 is 5.11 Å². The summed E-state index contributed by atoms with van der Waals surface area (Å²) in [5.74, 6) is 0. The number of quaternary nitrogens is 1. The highest BCUT2D eigenvalue weighted by atomic mass is 16.3. The van der Waals surface area contributed by atoms with Gasteiger partial charge in [0.05, 0.1) is 12.8 Å². The van der Waals surface area contributed by atoms with Crippen molar-refractivity contribution < 1.29 is 9.59 Å². The molecule has 3 unspecified atom stereocenters. The molecule has 1 aliphatic heterocycles. The third-order valence-electron chi connectivity index (χ3n) is 5.35. The van der Waals surface area contributed by atoms with Crippen LogP contribution in [0.25, 0.3) is 0 Å². The van der Waals surface area contributed by atoms with E-state index in [9.17, 15) is 5.11 Å². The fourth-order valence-corrected chi connectivity index (χ4v) is 3.60. The van der Waals surface area contributed by atoms with Crippen LogP contribution in [0.3, 0.4) is 0 Å². The smallest absolute Gasteiger partial charge is 0.189 e. The van der Waals surface area contributed by atoms with Crippen molar-refractivity contribution in [2.24, 2.45) is 4.99 Å². The van der Waals surface area contributed by atoms with E-state index >= 15 is 0 Å². The number of rotatable bonds is 13. The van der Waals surface area contributed by atoms with E-state index in [4.69, 9.17) is 0 Å². The molecule has 0 bridgehead atoms. The van der Waals surface area contributed by atoms with Crippen LogP contribution in [-0.4, -0.2) is 41.3 Å². The van der Waals surface area contributed by atoms with E-state index in [1.54, 1.807) is 0 Å². The van der Waals surface area contributed by atoms with Gasteiger partial charge in [0.15, 0.2) is 12.4 Å². The van der Waals surface area contributed by atoms with Crippen molar-refractivity contribution in [1.82, 2.24) is 0 Å². The van der Waals surface area contributed by atoms with Gasteiger partial charge in [0.2, 0.25) is 0 Å². The van der Waals surface area contributed by atoms with E-state index in [0.717, 1.165) is 24.0 Å². The fraction of sp³-hybridized carbons (Fsp3) is 0.850. The van der Waals surface area contributed by atoms with Gasteiger partial charge in [0.1, 0.15) is 6.54 Å². The van der Waals surface area contributed by atoms with E-state index in [1.807, 2.05) is 13.1 Å². The largest absolute Gasteiger partial charge is 0.345 e. The minimum atomic E-state index is -0.314. The molecule has 3 heteroatoms. The molecule has 134 valence electrons. The van der Waals surface area contributed by atoms with Crippen LogP contribution in [0.15, 0.2) is 17.1 Å². The molecule has 1 rings (SSSR count). The average molecular weight is 324 g/mol. The van der Waals surface area contributed by atoms with Gasteiger partial charge in [-0.15, -0.1) is 0 Å². The highest BCUT2D eigenvalue weighted by molar-refractivity contribution is 5.60. The number of aliphatic hydroxyl groups excluding tert-OH is 1. The van der Waals surface area contributed by atoms with Crippen molar-refractivity contribution in [1.29, 1.82) is 0 Å². The van der Waals surface area contributed by atoms with E-state index in [1.165, 1.54) is 57.8 Å². The van der Waals surface area contributed by atoms with Gasteiger partial charge in [-0.2, -0.15) is 0 Å². The Morgan fingerprint density at radius 2 is 1.74 bits per heavy atom. The lowest BCUT2D eigenvalue weighted by Crippen LogP contribution is -2.57. The number of aliphatic hydroxyl groups is 1. The summed E-state index contributed by atoms with van der Waals surface area (Å²) in [6.07, 6.45) is 19.5. The first-order chi connectivity index (χ1) is 11.2. The van der Waals surface area contributed by atoms with E-state index in [0.29, 0.717) is 0 Å². The van der Waals surface area contributed by atoms with Crippen LogP contribution in [0.4, 0.5) is 0 Å². The Morgan fingerprint density at radius 1 is 1.09 bits per heavy atom. The maximum Gasteiger partial charge on any atom is 0.189 e. The number of unbranched alkanes of at least 4 members (excludes halogenated alkanes) is 7. The molecule has 3 atom stereocenters. The Morgan fingerprint density at radius 3 is 2.35 bits per heavy atom. The van der Waals surface area contributed by atoms with Crippen LogP contribution in [0.2, 0.25) is 0 Å². The zero-order valence-electron chi connectivity index (χ0n) is 15.7. The van der Waals surface area contributed by atoms with Crippen LogP contribution in [0, 0.1) is 0 Å². The summed E-state index contributed by atoms with van der Waals surface area (Å²) in [4.78, 5) is 4.64. The summed E-state index contributed by atoms with van der Waals surface area (Å²) in [6.45, 7) is 8.19. The third-order valence-corrected chi connectivity index (χ3v) is 5.35. The Balaban J connectivity index is 2.07. The van der Waals surface area contributed by atoms with Gasteiger partial charge in [-0.25, -0.2) is 4.99 Å². The molecule has 0 fully saturated rings. The maximum absolute atomic E-state index is 10.1. The molecular formula is C20H39N2O+. The molecule has 0 aromatic heterocycles. The molecule has 3 nitrogen and oxygen atoms in total. The molecule has 0 saturated heterocycles. The van der Waals surface area contributed by atoms with Crippen molar-refractivity contribution in [3.8, 4) is 0 Å². The van der Waals surface area contributed by atoms with Gasteiger partial charge >= 0.3 is 0 Å². The molecule has 0 saturated carbocycles. The number of nitrogens with zero attached hydrogens (tertiary/aromatic N) is 2. The summed E-state index contributed by atoms with van der Waals surface area (Å²) in [7, 11) is 0. The molecule has 1 heterocycles. The zero-order chi connectivity index (χ0) is 17.0. The third kappa shape index (κ3) is 6.76. The molecule has 23 heavy (non-hydrogen) atoms. The summed E-state index contributed by atoms with van der Waals surface area (Å²) >= 11 is 0. The second-order valence-corrected chi connectivity index (χ2v) is 7.00. The molecule has 1 aliphatic rings. The lowest BCUT2D eigenvalue weighted by Gasteiger charge is -2.40. The monoisotopic (exact) mass is 323 g/mol. The summed E-state index contributed by atoms with van der Waals surface area (Å²) < 4.78 is 0.737. The minimum absolute atomic E-state index is 0.276. The average Bonchev–Trinajstić information content (AvgIpc) is 2.97. The van der Waals surface area contributed by atoms with E-state index < -0.39 is 0 Å². The van der Waals surface area contributed by atoms with E-state index in [2.05, 4.69) is 31.0 Å². The first-order valence-electron chi connectivity index (χ1n) is 9.88. The van der Waals surface area contributed by atoms with Crippen LogP contribution in [0.5, 0.6) is 0 Å². The molecule has 0 amide bonds. The number of allylic oxidation sites excluding steroid dienone is 2. The summed E-state index contributed by atoms with van der Waals surface area (Å²) in [5.41, 5.74) is 0. The summed E-state index contributed by atoms with van der Waals surface area (Å²) in [6, 6.07) is 0. The minimum Gasteiger partial charge on any atom is -0.345 e. The van der Waals surface area contributed by atoms with Gasteiger partial charge in [0.25, 0.3) is 0 Å². The second kappa shape index (κ2) is 11.8.